The summed E-state index contributed by atoms with van der Waals surface area (Å²) in [6, 6.07) is 11.0. The molecule has 3 N–H and O–H groups in total. The molecular formula is C13H10IN3O3. The zero-order valence-corrected chi connectivity index (χ0v) is 12.3. The topological polar surface area (TPSA) is 98.3 Å². The van der Waals surface area contributed by atoms with Crippen LogP contribution in [-0.2, 0) is 0 Å². The third-order valence-electron chi connectivity index (χ3n) is 2.61. The third kappa shape index (κ3) is 3.05. The van der Waals surface area contributed by atoms with Gasteiger partial charge in [0.15, 0.2) is 0 Å². The zero-order chi connectivity index (χ0) is 14.7. The fourth-order valence-corrected chi connectivity index (χ4v) is 2.13. The number of nitrogens with zero attached hydrogens (tertiary/aromatic N) is 1. The Bertz CT molecular complexity index is 688. The van der Waals surface area contributed by atoms with Gasteiger partial charge in [0, 0.05) is 21.4 Å². The average Bonchev–Trinajstić information content (AvgIpc) is 2.41. The Morgan fingerprint density at radius 1 is 1.25 bits per heavy atom. The summed E-state index contributed by atoms with van der Waals surface area (Å²) < 4.78 is 0.863. The van der Waals surface area contributed by atoms with Gasteiger partial charge in [-0.1, -0.05) is 12.1 Å². The number of nitrogens with one attached hydrogen (secondary N) is 1. The summed E-state index contributed by atoms with van der Waals surface area (Å²) in [6.45, 7) is 0. The molecule has 0 aliphatic carbocycles. The minimum absolute atomic E-state index is 0.0823. The summed E-state index contributed by atoms with van der Waals surface area (Å²) in [6.07, 6.45) is 0. The average molecular weight is 383 g/mol. The molecule has 2 aromatic carbocycles. The van der Waals surface area contributed by atoms with Crippen LogP contribution in [0.1, 0.15) is 10.4 Å². The number of carbonyl (C=O) groups excluding carboxylic acids is 1. The fraction of sp³-hybridized carbons (Fsp3) is 0. The molecule has 0 aliphatic heterocycles. The van der Waals surface area contributed by atoms with E-state index in [9.17, 15) is 14.9 Å². The van der Waals surface area contributed by atoms with E-state index in [1.807, 2.05) is 12.1 Å². The van der Waals surface area contributed by atoms with E-state index in [2.05, 4.69) is 27.9 Å². The van der Waals surface area contributed by atoms with Gasteiger partial charge in [-0.3, -0.25) is 14.9 Å². The smallest absolute Gasteiger partial charge is 0.270 e. The normalized spacial score (nSPS) is 10.1. The quantitative estimate of drug-likeness (QED) is 0.368. The molecule has 2 rings (SSSR count). The number of carbonyl (C=O) groups is 1. The second-order valence-corrected chi connectivity index (χ2v) is 5.12. The van der Waals surface area contributed by atoms with E-state index in [0.717, 1.165) is 3.57 Å². The summed E-state index contributed by atoms with van der Waals surface area (Å²) in [5.74, 6) is -0.477. The number of halogens is 1. The maximum Gasteiger partial charge on any atom is 0.270 e. The van der Waals surface area contributed by atoms with Crippen molar-refractivity contribution in [1.29, 1.82) is 0 Å². The first kappa shape index (κ1) is 14.3. The lowest BCUT2D eigenvalue weighted by Crippen LogP contribution is -2.15. The van der Waals surface area contributed by atoms with Gasteiger partial charge in [0.2, 0.25) is 0 Å². The van der Waals surface area contributed by atoms with Crippen LogP contribution in [0.5, 0.6) is 0 Å². The van der Waals surface area contributed by atoms with Crippen molar-refractivity contribution >= 4 is 45.6 Å². The van der Waals surface area contributed by atoms with Crippen LogP contribution >= 0.6 is 22.6 Å². The second-order valence-electron chi connectivity index (χ2n) is 3.96. The van der Waals surface area contributed by atoms with E-state index >= 15 is 0 Å². The standard InChI is InChI=1S/C13H10IN3O3/c14-10-3-1-2-4-12(10)16-13(18)9-7-8(17(19)20)5-6-11(9)15/h1-7H,15H2,(H,16,18). The van der Waals surface area contributed by atoms with Crippen LogP contribution in [-0.4, -0.2) is 10.8 Å². The molecule has 0 atom stereocenters. The number of hydrogen-bond donors (Lipinski definition) is 2. The Labute approximate surface area is 128 Å². The van der Waals surface area contributed by atoms with Crippen LogP contribution < -0.4 is 11.1 Å². The van der Waals surface area contributed by atoms with Gasteiger partial charge in [0.25, 0.3) is 11.6 Å². The van der Waals surface area contributed by atoms with Crippen molar-refractivity contribution in [3.8, 4) is 0 Å². The number of anilines is 2. The van der Waals surface area contributed by atoms with Crippen LogP contribution in [0.4, 0.5) is 17.1 Å². The number of nitro benzene ring substituents is 1. The summed E-state index contributed by atoms with van der Waals surface area (Å²) >= 11 is 2.08. The molecule has 0 aromatic heterocycles. The van der Waals surface area contributed by atoms with E-state index in [0.29, 0.717) is 5.69 Å². The summed E-state index contributed by atoms with van der Waals surface area (Å²) in [5, 5.41) is 13.4. The van der Waals surface area contributed by atoms with Crippen LogP contribution in [0, 0.1) is 13.7 Å². The van der Waals surface area contributed by atoms with Gasteiger partial charge >= 0.3 is 0 Å². The molecule has 0 heterocycles. The molecule has 2 aromatic rings. The minimum Gasteiger partial charge on any atom is -0.398 e. The number of nitrogens with two attached hydrogens (primary N) is 1. The van der Waals surface area contributed by atoms with Crippen molar-refractivity contribution in [2.24, 2.45) is 0 Å². The molecule has 1 amide bonds. The highest BCUT2D eigenvalue weighted by atomic mass is 127. The number of nitro groups is 1. The molecule has 0 unspecified atom stereocenters. The first-order valence-electron chi connectivity index (χ1n) is 5.59. The molecule has 7 heteroatoms. The Morgan fingerprint density at radius 3 is 2.60 bits per heavy atom. The molecule has 20 heavy (non-hydrogen) atoms. The van der Waals surface area contributed by atoms with Crippen molar-refractivity contribution in [2.75, 3.05) is 11.1 Å². The number of rotatable bonds is 3. The zero-order valence-electron chi connectivity index (χ0n) is 10.2. The predicted octanol–water partition coefficient (Wildman–Crippen LogP) is 3.03. The number of nitrogen functional groups attached to an aromatic ring is 1. The molecule has 0 saturated carbocycles. The van der Waals surface area contributed by atoms with Gasteiger partial charge in [-0.25, -0.2) is 0 Å². The Balaban J connectivity index is 2.32. The summed E-state index contributed by atoms with van der Waals surface area (Å²) in [7, 11) is 0. The fourth-order valence-electron chi connectivity index (χ4n) is 1.61. The van der Waals surface area contributed by atoms with Gasteiger partial charge in [0.05, 0.1) is 16.2 Å². The first-order chi connectivity index (χ1) is 9.49. The summed E-state index contributed by atoms with van der Waals surface area (Å²) in [4.78, 5) is 22.3. The molecule has 0 aliphatic rings. The minimum atomic E-state index is -0.567. The van der Waals surface area contributed by atoms with Crippen molar-refractivity contribution in [3.63, 3.8) is 0 Å². The van der Waals surface area contributed by atoms with E-state index in [-0.39, 0.29) is 16.9 Å². The van der Waals surface area contributed by atoms with E-state index in [1.54, 1.807) is 12.1 Å². The number of para-hydroxylation sites is 1. The van der Waals surface area contributed by atoms with Crippen LogP contribution in [0.25, 0.3) is 0 Å². The highest BCUT2D eigenvalue weighted by molar-refractivity contribution is 14.1. The lowest BCUT2D eigenvalue weighted by Gasteiger charge is -2.08. The highest BCUT2D eigenvalue weighted by Crippen LogP contribution is 2.22. The van der Waals surface area contributed by atoms with Gasteiger partial charge < -0.3 is 11.1 Å². The van der Waals surface area contributed by atoms with E-state index < -0.39 is 10.8 Å². The number of benzene rings is 2. The Hall–Kier alpha value is -2.16. The van der Waals surface area contributed by atoms with E-state index in [1.165, 1.54) is 18.2 Å². The second kappa shape index (κ2) is 5.87. The lowest BCUT2D eigenvalue weighted by atomic mass is 10.1. The largest absolute Gasteiger partial charge is 0.398 e. The predicted molar refractivity (Wildman–Crippen MR) is 84.6 cm³/mol. The van der Waals surface area contributed by atoms with Crippen LogP contribution in [0.2, 0.25) is 0 Å². The van der Waals surface area contributed by atoms with E-state index in [4.69, 9.17) is 5.73 Å². The van der Waals surface area contributed by atoms with Crippen molar-refractivity contribution in [3.05, 3.63) is 61.7 Å². The molecular weight excluding hydrogens is 373 g/mol. The number of amides is 1. The lowest BCUT2D eigenvalue weighted by molar-refractivity contribution is -0.384. The maximum absolute atomic E-state index is 12.1. The summed E-state index contributed by atoms with van der Waals surface area (Å²) in [5.41, 5.74) is 6.43. The molecule has 0 spiro atoms. The highest BCUT2D eigenvalue weighted by Gasteiger charge is 2.16. The van der Waals surface area contributed by atoms with Crippen molar-refractivity contribution in [2.45, 2.75) is 0 Å². The molecule has 0 bridgehead atoms. The SMILES string of the molecule is Nc1ccc([N+](=O)[O-])cc1C(=O)Nc1ccccc1I. The molecule has 0 saturated heterocycles. The van der Waals surface area contributed by atoms with Gasteiger partial charge in [0.1, 0.15) is 0 Å². The third-order valence-corrected chi connectivity index (χ3v) is 3.56. The van der Waals surface area contributed by atoms with Gasteiger partial charge in [-0.15, -0.1) is 0 Å². The van der Waals surface area contributed by atoms with Crippen LogP contribution in [0.15, 0.2) is 42.5 Å². The molecule has 6 nitrogen and oxygen atoms in total. The number of non-ortho nitro benzene ring substituents is 1. The Kier molecular flexibility index (Phi) is 4.18. The van der Waals surface area contributed by atoms with Gasteiger partial charge in [-0.2, -0.15) is 0 Å². The molecule has 0 radical (unpaired) electrons. The number of hydrogen-bond acceptors (Lipinski definition) is 4. The van der Waals surface area contributed by atoms with Crippen molar-refractivity contribution in [1.82, 2.24) is 0 Å². The molecule has 0 fully saturated rings. The maximum atomic E-state index is 12.1. The molecule has 102 valence electrons. The monoisotopic (exact) mass is 383 g/mol. The van der Waals surface area contributed by atoms with Crippen LogP contribution in [0.3, 0.4) is 0 Å². The Morgan fingerprint density at radius 2 is 1.95 bits per heavy atom. The van der Waals surface area contributed by atoms with Gasteiger partial charge in [-0.05, 0) is 40.8 Å². The van der Waals surface area contributed by atoms with Crippen molar-refractivity contribution < 1.29 is 9.72 Å². The first-order valence-corrected chi connectivity index (χ1v) is 6.66.